The van der Waals surface area contributed by atoms with Crippen LogP contribution in [0.1, 0.15) is 30.9 Å². The number of anilines is 1. The van der Waals surface area contributed by atoms with Crippen LogP contribution >= 0.6 is 0 Å². The average Bonchev–Trinajstić information content (AvgIpc) is 3.02. The number of benzene rings is 1. The molecule has 0 aliphatic carbocycles. The van der Waals surface area contributed by atoms with Crippen LogP contribution in [0.15, 0.2) is 39.7 Å². The predicted molar refractivity (Wildman–Crippen MR) is 113 cm³/mol. The topological polar surface area (TPSA) is 125 Å². The largest absolute Gasteiger partial charge is 0.466 e. The number of aliphatic hydroxyl groups is 1. The van der Waals surface area contributed by atoms with Crippen molar-refractivity contribution in [2.75, 3.05) is 31.5 Å². The van der Waals surface area contributed by atoms with E-state index in [-0.39, 0.29) is 12.2 Å². The lowest BCUT2D eigenvalue weighted by molar-refractivity contribution is -0.384. The average molecular weight is 403 g/mol. The summed E-state index contributed by atoms with van der Waals surface area (Å²) in [6, 6.07) is 8.10. The Labute approximate surface area is 170 Å². The molecule has 1 atom stereocenters. The molecule has 0 spiro atoms. The minimum absolute atomic E-state index is 0.0605. The van der Waals surface area contributed by atoms with Gasteiger partial charge in [0, 0.05) is 43.0 Å². The highest BCUT2D eigenvalue weighted by Crippen LogP contribution is 2.27. The van der Waals surface area contributed by atoms with Gasteiger partial charge in [-0.3, -0.25) is 10.1 Å². The molecule has 1 heterocycles. The molecule has 1 unspecified atom stereocenters. The zero-order chi connectivity index (χ0) is 21.4. The minimum Gasteiger partial charge on any atom is -0.466 e. The van der Waals surface area contributed by atoms with Crippen LogP contribution in [0.2, 0.25) is 0 Å². The SMILES string of the molecule is CCNC(=NCC(C)(O)c1cc(C)oc1C)NCCNc1ccc([N+](=O)[O-])cc1. The second-order valence-corrected chi connectivity index (χ2v) is 6.95. The molecule has 0 radical (unpaired) electrons. The van der Waals surface area contributed by atoms with E-state index in [1.807, 2.05) is 26.8 Å². The normalized spacial score (nSPS) is 13.6. The van der Waals surface area contributed by atoms with E-state index < -0.39 is 10.5 Å². The molecule has 2 rings (SSSR count). The Kier molecular flexibility index (Phi) is 7.60. The Morgan fingerprint density at radius 3 is 2.48 bits per heavy atom. The van der Waals surface area contributed by atoms with E-state index in [4.69, 9.17) is 4.42 Å². The maximum Gasteiger partial charge on any atom is 0.269 e. The first-order valence-electron chi connectivity index (χ1n) is 9.53. The summed E-state index contributed by atoms with van der Waals surface area (Å²) >= 11 is 0. The number of non-ortho nitro benzene ring substituents is 1. The first-order chi connectivity index (χ1) is 13.7. The van der Waals surface area contributed by atoms with Crippen molar-refractivity contribution in [1.29, 1.82) is 0 Å². The highest BCUT2D eigenvalue weighted by atomic mass is 16.6. The quantitative estimate of drug-likeness (QED) is 0.167. The van der Waals surface area contributed by atoms with Crippen molar-refractivity contribution >= 4 is 17.3 Å². The number of nitrogens with zero attached hydrogens (tertiary/aromatic N) is 2. The molecular weight excluding hydrogens is 374 g/mol. The number of hydrogen-bond donors (Lipinski definition) is 4. The molecule has 2 aromatic rings. The number of aryl methyl sites for hydroxylation is 2. The van der Waals surface area contributed by atoms with Crippen LogP contribution in [0.4, 0.5) is 11.4 Å². The highest BCUT2D eigenvalue weighted by Gasteiger charge is 2.27. The zero-order valence-corrected chi connectivity index (χ0v) is 17.3. The fraction of sp³-hybridized carbons (Fsp3) is 0.450. The van der Waals surface area contributed by atoms with E-state index in [0.717, 1.165) is 17.0 Å². The third-order valence-electron chi connectivity index (χ3n) is 4.34. The molecule has 1 aromatic carbocycles. The van der Waals surface area contributed by atoms with E-state index in [1.54, 1.807) is 19.1 Å². The fourth-order valence-electron chi connectivity index (χ4n) is 2.91. The smallest absolute Gasteiger partial charge is 0.269 e. The van der Waals surface area contributed by atoms with Crippen LogP contribution in [0.25, 0.3) is 0 Å². The molecule has 0 fully saturated rings. The van der Waals surface area contributed by atoms with Crippen LogP contribution in [-0.4, -0.2) is 42.2 Å². The molecule has 9 heteroatoms. The van der Waals surface area contributed by atoms with Crippen molar-refractivity contribution in [2.24, 2.45) is 4.99 Å². The van der Waals surface area contributed by atoms with Crippen LogP contribution < -0.4 is 16.0 Å². The minimum atomic E-state index is -1.14. The Hall–Kier alpha value is -3.07. The Morgan fingerprint density at radius 2 is 1.93 bits per heavy atom. The van der Waals surface area contributed by atoms with Crippen LogP contribution in [0, 0.1) is 24.0 Å². The Bertz CT molecular complexity index is 843. The molecule has 4 N–H and O–H groups in total. The number of nitro groups is 1. The van der Waals surface area contributed by atoms with E-state index in [1.165, 1.54) is 12.1 Å². The lowest BCUT2D eigenvalue weighted by atomic mass is 9.96. The lowest BCUT2D eigenvalue weighted by Crippen LogP contribution is -2.40. The summed E-state index contributed by atoms with van der Waals surface area (Å²) in [6.45, 7) is 9.40. The summed E-state index contributed by atoms with van der Waals surface area (Å²) in [5.41, 5.74) is 0.453. The van der Waals surface area contributed by atoms with Gasteiger partial charge >= 0.3 is 0 Å². The van der Waals surface area contributed by atoms with Crippen LogP contribution in [-0.2, 0) is 5.60 Å². The summed E-state index contributed by atoms with van der Waals surface area (Å²) in [5, 5.41) is 31.0. The summed E-state index contributed by atoms with van der Waals surface area (Å²) < 4.78 is 5.51. The fourth-order valence-corrected chi connectivity index (χ4v) is 2.91. The molecule has 9 nitrogen and oxygen atoms in total. The molecule has 0 aliphatic rings. The van der Waals surface area contributed by atoms with Crippen LogP contribution in [0.5, 0.6) is 0 Å². The summed E-state index contributed by atoms with van der Waals surface area (Å²) in [6.07, 6.45) is 0. The van der Waals surface area contributed by atoms with Gasteiger partial charge in [-0.1, -0.05) is 0 Å². The lowest BCUT2D eigenvalue weighted by Gasteiger charge is -2.21. The Morgan fingerprint density at radius 1 is 1.24 bits per heavy atom. The first kappa shape index (κ1) is 22.2. The second-order valence-electron chi connectivity index (χ2n) is 6.95. The van der Waals surface area contributed by atoms with E-state index in [2.05, 4.69) is 20.9 Å². The standard InChI is InChI=1S/C20H29N5O4/c1-5-21-19(24-13-20(4,26)18-12-14(2)29-15(18)3)23-11-10-22-16-6-8-17(9-7-16)25(27)28/h6-9,12,22,26H,5,10-11,13H2,1-4H3,(H2,21,23,24). The first-order valence-corrected chi connectivity index (χ1v) is 9.53. The number of aliphatic imine (C=N–C) groups is 1. The van der Waals surface area contributed by atoms with E-state index >= 15 is 0 Å². The van der Waals surface area contributed by atoms with E-state index in [0.29, 0.717) is 31.4 Å². The van der Waals surface area contributed by atoms with Gasteiger partial charge in [-0.05, 0) is 45.9 Å². The summed E-state index contributed by atoms with van der Waals surface area (Å²) in [4.78, 5) is 14.7. The van der Waals surface area contributed by atoms with Crippen molar-refractivity contribution < 1.29 is 14.4 Å². The molecular formula is C20H29N5O4. The van der Waals surface area contributed by atoms with Gasteiger partial charge in [-0.25, -0.2) is 4.99 Å². The van der Waals surface area contributed by atoms with E-state index in [9.17, 15) is 15.2 Å². The van der Waals surface area contributed by atoms with Gasteiger partial charge in [0.05, 0.1) is 11.5 Å². The van der Waals surface area contributed by atoms with Gasteiger partial charge in [0.1, 0.15) is 17.1 Å². The van der Waals surface area contributed by atoms with Gasteiger partial charge in [-0.2, -0.15) is 0 Å². The van der Waals surface area contributed by atoms with Crippen molar-refractivity contribution in [3.63, 3.8) is 0 Å². The van der Waals surface area contributed by atoms with Crippen LogP contribution in [0.3, 0.4) is 0 Å². The molecule has 0 saturated carbocycles. The van der Waals surface area contributed by atoms with Gasteiger partial charge in [0.2, 0.25) is 0 Å². The second kappa shape index (κ2) is 9.92. The van der Waals surface area contributed by atoms with Gasteiger partial charge in [0.25, 0.3) is 5.69 Å². The number of nitrogens with one attached hydrogen (secondary N) is 3. The van der Waals surface area contributed by atoms with Crippen molar-refractivity contribution in [1.82, 2.24) is 10.6 Å². The maximum absolute atomic E-state index is 10.8. The number of rotatable bonds is 9. The summed E-state index contributed by atoms with van der Waals surface area (Å²) in [5.74, 6) is 2.04. The molecule has 0 saturated heterocycles. The third kappa shape index (κ3) is 6.49. The molecule has 158 valence electrons. The van der Waals surface area contributed by atoms with Crippen molar-refractivity contribution in [3.05, 3.63) is 57.5 Å². The number of guanidine groups is 1. The zero-order valence-electron chi connectivity index (χ0n) is 17.3. The van der Waals surface area contributed by atoms with Gasteiger partial charge in [0.15, 0.2) is 5.96 Å². The highest BCUT2D eigenvalue weighted by molar-refractivity contribution is 5.79. The van der Waals surface area contributed by atoms with Gasteiger partial charge in [-0.15, -0.1) is 0 Å². The molecule has 1 aromatic heterocycles. The molecule has 0 aliphatic heterocycles. The third-order valence-corrected chi connectivity index (χ3v) is 4.34. The van der Waals surface area contributed by atoms with Crippen molar-refractivity contribution in [2.45, 2.75) is 33.3 Å². The Balaban J connectivity index is 1.88. The van der Waals surface area contributed by atoms with Crippen molar-refractivity contribution in [3.8, 4) is 0 Å². The number of nitro benzene ring substituents is 1. The molecule has 29 heavy (non-hydrogen) atoms. The summed E-state index contributed by atoms with van der Waals surface area (Å²) in [7, 11) is 0. The monoisotopic (exact) mass is 403 g/mol. The molecule has 0 bridgehead atoms. The number of hydrogen-bond acceptors (Lipinski definition) is 6. The predicted octanol–water partition coefficient (Wildman–Crippen LogP) is 2.68. The molecule has 0 amide bonds. The maximum atomic E-state index is 10.8. The number of furan rings is 1. The van der Waals surface area contributed by atoms with Gasteiger partial charge < -0.3 is 25.5 Å².